The van der Waals surface area contributed by atoms with Crippen molar-refractivity contribution in [3.05, 3.63) is 0 Å². The maximum Gasteiger partial charge on any atom is 1.00 e. The van der Waals surface area contributed by atoms with Crippen molar-refractivity contribution in [2.75, 3.05) is 20.2 Å². The predicted octanol–water partition coefficient (Wildman–Crippen LogP) is 8.99. The van der Waals surface area contributed by atoms with Crippen molar-refractivity contribution in [3.63, 3.8) is 0 Å². The number of amides is 2. The van der Waals surface area contributed by atoms with Gasteiger partial charge >= 0.3 is 43.0 Å². The first-order valence-electron chi connectivity index (χ1n) is 22.4. The number of carbonyl (C=O) groups is 4. The third-order valence-electron chi connectivity index (χ3n) is 9.19. The van der Waals surface area contributed by atoms with Gasteiger partial charge in [-0.1, -0.05) is 154 Å². The van der Waals surface area contributed by atoms with Crippen LogP contribution in [0, 0.1) is 0 Å². The van der Waals surface area contributed by atoms with E-state index >= 15 is 0 Å². The molecule has 0 aliphatic heterocycles. The maximum atomic E-state index is 11.5. The van der Waals surface area contributed by atoms with Crippen LogP contribution in [0.1, 0.15) is 234 Å². The van der Waals surface area contributed by atoms with Gasteiger partial charge in [0.15, 0.2) is 0 Å². The molecule has 0 spiro atoms. The second-order valence-electron chi connectivity index (χ2n) is 17.2. The van der Waals surface area contributed by atoms with E-state index in [1.54, 1.807) is 0 Å². The van der Waals surface area contributed by atoms with Crippen LogP contribution in [-0.4, -0.2) is 71.6 Å². The Kier molecular flexibility index (Phi) is 51.7. The van der Waals surface area contributed by atoms with E-state index in [9.17, 15) is 19.2 Å². The topological polar surface area (TPSA) is 202 Å². The Morgan fingerprint density at radius 1 is 0.431 bits per heavy atom. The standard InChI is InChI=1S/C23H45NO4.C22H43NO4.Li.2H2O/c1-23(2,3)28-22(26)24-20-18-16-14-12-10-8-6-5-7-9-11-13-15-17-19-21(25)27-4;1-22(2,3)27-21(26)23-19-17-15-13-11-9-7-5-4-6-8-10-12-14-16-18-20(24)25;;;/h5-20H2,1-4H3,(H,24,26);4-19H2,1-3H3,(H,23,26)(H,24,25);;2*1H2/q;;+1;;/p-1. The molecule has 0 unspecified atom stereocenters. The minimum absolute atomic E-state index is 0. The minimum Gasteiger partial charge on any atom is -0.870 e. The first-order chi connectivity index (χ1) is 26.2. The van der Waals surface area contributed by atoms with Gasteiger partial charge in [0.05, 0.1) is 7.11 Å². The molecule has 0 aromatic rings. The molecule has 0 rings (SSSR count). The number of ether oxygens (including phenoxy) is 3. The van der Waals surface area contributed by atoms with Crippen LogP contribution >= 0.6 is 0 Å². The van der Waals surface area contributed by atoms with E-state index in [1.807, 2.05) is 41.5 Å². The molecule has 0 bridgehead atoms. The van der Waals surface area contributed by atoms with Gasteiger partial charge < -0.3 is 40.9 Å². The molecule has 0 radical (unpaired) electrons. The van der Waals surface area contributed by atoms with Gasteiger partial charge in [-0.05, 0) is 67.2 Å². The Labute approximate surface area is 367 Å². The van der Waals surface area contributed by atoms with Gasteiger partial charge in [0.25, 0.3) is 0 Å². The van der Waals surface area contributed by atoms with Gasteiger partial charge in [-0.15, -0.1) is 0 Å². The quantitative estimate of drug-likeness (QED) is 0.0245. The molecule has 0 aromatic carbocycles. The van der Waals surface area contributed by atoms with Crippen LogP contribution in [0.5, 0.6) is 0 Å². The number of carboxylic acids is 1. The molecular formula is C45H91LiN2O10. The van der Waals surface area contributed by atoms with E-state index in [2.05, 4.69) is 15.4 Å². The van der Waals surface area contributed by atoms with E-state index < -0.39 is 17.2 Å². The average Bonchev–Trinajstić information content (AvgIpc) is 3.09. The number of esters is 1. The van der Waals surface area contributed by atoms with Crippen molar-refractivity contribution in [2.24, 2.45) is 0 Å². The molecule has 58 heavy (non-hydrogen) atoms. The van der Waals surface area contributed by atoms with Crippen molar-refractivity contribution in [3.8, 4) is 0 Å². The molecule has 0 saturated carbocycles. The van der Waals surface area contributed by atoms with Crippen LogP contribution in [0.2, 0.25) is 0 Å². The molecule has 0 aliphatic carbocycles. The molecular weight excluding hydrogens is 735 g/mol. The second-order valence-corrected chi connectivity index (χ2v) is 17.2. The fraction of sp³-hybridized carbons (Fsp3) is 0.911. The summed E-state index contributed by atoms with van der Waals surface area (Å²) in [5, 5.41) is 14.2. The van der Waals surface area contributed by atoms with Gasteiger partial charge in [-0.25, -0.2) is 9.59 Å². The van der Waals surface area contributed by atoms with E-state index in [0.29, 0.717) is 25.9 Å². The summed E-state index contributed by atoms with van der Waals surface area (Å²) in [7, 11) is 1.45. The zero-order valence-corrected chi connectivity index (χ0v) is 38.9. The van der Waals surface area contributed by atoms with Crippen molar-refractivity contribution >= 4 is 24.1 Å². The number of aliphatic carboxylic acids is 1. The molecule has 0 fully saturated rings. The van der Waals surface area contributed by atoms with E-state index in [0.717, 1.165) is 44.9 Å². The number of alkyl carbamates (subject to hydrolysis) is 2. The fourth-order valence-corrected chi connectivity index (χ4v) is 6.15. The van der Waals surface area contributed by atoms with Crippen LogP contribution in [0.4, 0.5) is 9.59 Å². The van der Waals surface area contributed by atoms with Crippen molar-refractivity contribution in [2.45, 2.75) is 245 Å². The number of hydrogen-bond donors (Lipinski definition) is 3. The number of unbranched alkanes of at least 4 members (excludes halogenated alkanes) is 26. The molecule has 6 N–H and O–H groups in total. The normalized spacial score (nSPS) is 10.7. The fourth-order valence-electron chi connectivity index (χ4n) is 6.15. The van der Waals surface area contributed by atoms with Crippen molar-refractivity contribution in [1.29, 1.82) is 0 Å². The molecule has 12 nitrogen and oxygen atoms in total. The predicted molar refractivity (Wildman–Crippen MR) is 232 cm³/mol. The van der Waals surface area contributed by atoms with Gasteiger partial charge in [0.2, 0.25) is 0 Å². The monoisotopic (exact) mass is 827 g/mol. The van der Waals surface area contributed by atoms with Crippen LogP contribution in [0.3, 0.4) is 0 Å². The average molecular weight is 827 g/mol. The summed E-state index contributed by atoms with van der Waals surface area (Å²) in [6, 6.07) is 0. The zero-order chi connectivity index (χ0) is 41.5. The smallest absolute Gasteiger partial charge is 0.870 e. The Bertz CT molecular complexity index is 926. The first kappa shape index (κ1) is 65.1. The molecule has 2 amide bonds. The van der Waals surface area contributed by atoms with E-state index in [-0.39, 0.29) is 48.0 Å². The number of rotatable bonds is 34. The summed E-state index contributed by atoms with van der Waals surface area (Å²) in [5.41, 5.74) is -0.845. The van der Waals surface area contributed by atoms with Crippen LogP contribution in [0.25, 0.3) is 0 Å². The Morgan fingerprint density at radius 3 is 0.879 bits per heavy atom. The molecule has 0 saturated heterocycles. The first-order valence-corrected chi connectivity index (χ1v) is 22.4. The summed E-state index contributed by atoms with van der Waals surface area (Å²) in [5.74, 6) is -0.759. The van der Waals surface area contributed by atoms with E-state index in [4.69, 9.17) is 14.6 Å². The Morgan fingerprint density at radius 2 is 0.655 bits per heavy atom. The number of methoxy groups -OCH3 is 1. The third-order valence-corrected chi connectivity index (χ3v) is 9.19. The van der Waals surface area contributed by atoms with Crippen LogP contribution < -0.4 is 29.5 Å². The maximum absolute atomic E-state index is 11.5. The van der Waals surface area contributed by atoms with Crippen LogP contribution in [0.15, 0.2) is 0 Å². The third kappa shape index (κ3) is 60.7. The number of carboxylic acid groups (broad SMARTS) is 1. The van der Waals surface area contributed by atoms with Gasteiger partial charge in [-0.3, -0.25) is 9.59 Å². The summed E-state index contributed by atoms with van der Waals surface area (Å²) in [4.78, 5) is 44.3. The van der Waals surface area contributed by atoms with Crippen molar-refractivity contribution in [1.82, 2.24) is 10.6 Å². The van der Waals surface area contributed by atoms with Gasteiger partial charge in [-0.2, -0.15) is 0 Å². The summed E-state index contributed by atoms with van der Waals surface area (Å²) in [6.07, 6.45) is 34.6. The Hall–Kier alpha value is -2.00. The summed E-state index contributed by atoms with van der Waals surface area (Å²) < 4.78 is 15.0. The summed E-state index contributed by atoms with van der Waals surface area (Å²) >= 11 is 0. The second kappa shape index (κ2) is 46.1. The number of carbonyl (C=O) groups excluding carboxylic acids is 3. The Balaban J connectivity index is -0.000000307. The SMILES string of the molecule is CC(C)(C)OC(=O)NCCCCCCCCCCCCCCCCC(=O)O.COC(=O)CCCCCCCCCCCCCCCCNC(=O)OC(C)(C)C.O.[Li+].[OH-]. The number of hydrogen-bond acceptors (Lipinski definition) is 8. The largest absolute Gasteiger partial charge is 1.00 e. The number of nitrogens with one attached hydrogen (secondary N) is 2. The molecule has 342 valence electrons. The van der Waals surface area contributed by atoms with Crippen molar-refractivity contribution < 1.29 is 68.3 Å². The van der Waals surface area contributed by atoms with Gasteiger partial charge in [0, 0.05) is 25.9 Å². The zero-order valence-electron chi connectivity index (χ0n) is 38.9. The molecule has 0 aliphatic rings. The minimum atomic E-state index is -0.674. The summed E-state index contributed by atoms with van der Waals surface area (Å²) in [6.45, 7) is 12.7. The molecule has 0 heterocycles. The van der Waals surface area contributed by atoms with Gasteiger partial charge in [0.1, 0.15) is 11.2 Å². The molecule has 0 atom stereocenters. The molecule has 13 heteroatoms. The van der Waals surface area contributed by atoms with Crippen LogP contribution in [-0.2, 0) is 23.8 Å². The van der Waals surface area contributed by atoms with E-state index in [1.165, 1.54) is 142 Å². The molecule has 0 aromatic heterocycles.